The lowest BCUT2D eigenvalue weighted by Crippen LogP contribution is -2.45. The minimum atomic E-state index is -1.23. The van der Waals surface area contributed by atoms with Gasteiger partial charge in [-0.2, -0.15) is 4.98 Å². The first-order chi connectivity index (χ1) is 14.3. The molecule has 30 heavy (non-hydrogen) atoms. The number of nitro groups is 1. The highest BCUT2D eigenvalue weighted by Gasteiger charge is 2.49. The van der Waals surface area contributed by atoms with Crippen LogP contribution in [0.1, 0.15) is 34.2 Å². The molecule has 0 unspecified atom stereocenters. The lowest BCUT2D eigenvalue weighted by Gasteiger charge is -2.35. The van der Waals surface area contributed by atoms with Crippen LogP contribution in [-0.2, 0) is 0 Å². The monoisotopic (exact) mass is 445 g/mol. The number of aromatic amines is 1. The first kappa shape index (κ1) is 20.2. The molecule has 0 spiro atoms. The third kappa shape index (κ3) is 3.48. The van der Waals surface area contributed by atoms with Gasteiger partial charge in [-0.05, 0) is 30.2 Å². The van der Waals surface area contributed by atoms with Crippen LogP contribution >= 0.6 is 23.2 Å². The number of aromatic nitrogens is 2. The first-order valence-electron chi connectivity index (χ1n) is 9.07. The molecule has 4 N–H and O–H groups in total. The highest BCUT2D eigenvalue weighted by molar-refractivity contribution is 6.35. The summed E-state index contributed by atoms with van der Waals surface area (Å²) < 4.78 is 0. The average molecular weight is 446 g/mol. The molecule has 2 heterocycles. The van der Waals surface area contributed by atoms with Crippen LogP contribution in [0, 0.1) is 17.0 Å². The molecule has 2 aromatic carbocycles. The minimum Gasteiger partial charge on any atom is -0.369 e. The van der Waals surface area contributed by atoms with Gasteiger partial charge in [0, 0.05) is 15.0 Å². The maximum atomic E-state index is 12.8. The maximum absolute atomic E-state index is 12.8. The Morgan fingerprint density at radius 3 is 2.50 bits per heavy atom. The van der Waals surface area contributed by atoms with Crippen molar-refractivity contribution in [1.29, 1.82) is 0 Å². The van der Waals surface area contributed by atoms with E-state index >= 15 is 0 Å². The zero-order valence-corrected chi connectivity index (χ0v) is 17.2. The van der Waals surface area contributed by atoms with Crippen LogP contribution in [0.4, 0.5) is 11.8 Å². The molecular formula is C20H17Cl2N5O3. The Hall–Kier alpha value is -3.10. The number of hydrogen-bond donors (Lipinski definition) is 3. The van der Waals surface area contributed by atoms with Crippen molar-refractivity contribution >= 4 is 35.0 Å². The molecular weight excluding hydrogens is 429 g/mol. The van der Waals surface area contributed by atoms with Crippen LogP contribution in [0.25, 0.3) is 0 Å². The summed E-state index contributed by atoms with van der Waals surface area (Å²) in [5.41, 5.74) is 7.40. The zero-order chi connectivity index (χ0) is 21.6. The smallest absolute Gasteiger partial charge is 0.258 e. The molecule has 1 aliphatic rings. The van der Waals surface area contributed by atoms with Gasteiger partial charge in [0.25, 0.3) is 5.56 Å². The lowest BCUT2D eigenvalue weighted by atomic mass is 9.77. The molecule has 0 saturated carbocycles. The molecule has 0 aliphatic carbocycles. The number of hydrogen-bond acceptors (Lipinski definition) is 6. The predicted molar refractivity (Wildman–Crippen MR) is 116 cm³/mol. The van der Waals surface area contributed by atoms with Gasteiger partial charge in [-0.15, -0.1) is 0 Å². The summed E-state index contributed by atoms with van der Waals surface area (Å²) in [6.45, 7) is 1.93. The molecule has 0 bridgehead atoms. The summed E-state index contributed by atoms with van der Waals surface area (Å²) >= 11 is 12.4. The van der Waals surface area contributed by atoms with Crippen LogP contribution in [0.5, 0.6) is 0 Å². The van der Waals surface area contributed by atoms with Crippen LogP contribution in [0.2, 0.25) is 10.0 Å². The van der Waals surface area contributed by atoms with Gasteiger partial charge in [0.15, 0.2) is 0 Å². The number of nitrogens with two attached hydrogens (primary N) is 1. The van der Waals surface area contributed by atoms with E-state index in [1.54, 1.807) is 12.1 Å². The van der Waals surface area contributed by atoms with Gasteiger partial charge < -0.3 is 11.1 Å². The van der Waals surface area contributed by atoms with E-state index in [1.165, 1.54) is 6.07 Å². The summed E-state index contributed by atoms with van der Waals surface area (Å²) in [5, 5.41) is 16.0. The predicted octanol–water partition coefficient (Wildman–Crippen LogP) is 3.91. The number of rotatable bonds is 3. The fourth-order valence-corrected chi connectivity index (χ4v) is 4.41. The highest BCUT2D eigenvalue weighted by atomic mass is 35.5. The van der Waals surface area contributed by atoms with E-state index in [0.29, 0.717) is 16.1 Å². The first-order valence-corrected chi connectivity index (χ1v) is 9.83. The Balaban J connectivity index is 2.00. The zero-order valence-electron chi connectivity index (χ0n) is 15.7. The number of nitrogen functional groups attached to an aromatic ring is 1. The molecule has 3 aromatic rings. The van der Waals surface area contributed by atoms with Crippen molar-refractivity contribution < 1.29 is 4.92 Å². The largest absolute Gasteiger partial charge is 0.369 e. The van der Waals surface area contributed by atoms with Gasteiger partial charge in [0.1, 0.15) is 11.9 Å². The molecule has 0 fully saturated rings. The second kappa shape index (κ2) is 7.62. The van der Waals surface area contributed by atoms with Crippen molar-refractivity contribution in [2.75, 3.05) is 11.1 Å². The number of nitrogens with one attached hydrogen (secondary N) is 2. The van der Waals surface area contributed by atoms with Crippen molar-refractivity contribution in [3.63, 3.8) is 0 Å². The summed E-state index contributed by atoms with van der Waals surface area (Å²) in [5.74, 6) is -0.866. The molecule has 4 rings (SSSR count). The van der Waals surface area contributed by atoms with E-state index in [2.05, 4.69) is 15.3 Å². The minimum absolute atomic E-state index is 0.0885. The fourth-order valence-electron chi connectivity index (χ4n) is 3.89. The third-order valence-corrected chi connectivity index (χ3v) is 5.80. The molecule has 154 valence electrons. The number of fused-ring (bicyclic) bond motifs is 1. The van der Waals surface area contributed by atoms with Gasteiger partial charge in [0.05, 0.1) is 11.5 Å². The SMILES string of the molecule is Cc1ccc([C@H]2Nc3nc(N)[nH]c(=O)c3[C@H](c3ccc(Cl)cc3Cl)[C@H]2[N+](=O)[O-])cc1. The quantitative estimate of drug-likeness (QED) is 0.414. The van der Waals surface area contributed by atoms with E-state index in [1.807, 2.05) is 31.2 Å². The summed E-state index contributed by atoms with van der Waals surface area (Å²) in [6, 6.07) is 10.0. The van der Waals surface area contributed by atoms with E-state index in [0.717, 1.165) is 5.56 Å². The van der Waals surface area contributed by atoms with Gasteiger partial charge in [-0.3, -0.25) is 19.9 Å². The van der Waals surface area contributed by atoms with Crippen LogP contribution in [0.15, 0.2) is 47.3 Å². The van der Waals surface area contributed by atoms with Gasteiger partial charge in [0.2, 0.25) is 12.0 Å². The number of nitrogens with zero attached hydrogens (tertiary/aromatic N) is 2. The van der Waals surface area contributed by atoms with Crippen molar-refractivity contribution in [3.8, 4) is 0 Å². The van der Waals surface area contributed by atoms with Gasteiger partial charge in [-0.1, -0.05) is 59.1 Å². The van der Waals surface area contributed by atoms with E-state index in [-0.39, 0.29) is 22.4 Å². The number of anilines is 2. The average Bonchev–Trinajstić information content (AvgIpc) is 2.67. The van der Waals surface area contributed by atoms with Crippen LogP contribution < -0.4 is 16.6 Å². The van der Waals surface area contributed by atoms with Crippen molar-refractivity contribution in [2.45, 2.75) is 24.9 Å². The Morgan fingerprint density at radius 1 is 1.17 bits per heavy atom. The second-order valence-corrected chi connectivity index (χ2v) is 8.01. The molecule has 0 radical (unpaired) electrons. The summed E-state index contributed by atoms with van der Waals surface area (Å²) in [6.07, 6.45) is 0. The topological polar surface area (TPSA) is 127 Å². The molecule has 8 nitrogen and oxygen atoms in total. The maximum Gasteiger partial charge on any atom is 0.258 e. The molecule has 10 heteroatoms. The molecule has 3 atom stereocenters. The van der Waals surface area contributed by atoms with Crippen molar-refractivity contribution in [2.24, 2.45) is 0 Å². The van der Waals surface area contributed by atoms with Gasteiger partial charge in [-0.25, -0.2) is 0 Å². The van der Waals surface area contributed by atoms with Crippen LogP contribution in [-0.4, -0.2) is 20.9 Å². The van der Waals surface area contributed by atoms with Gasteiger partial charge >= 0.3 is 0 Å². The Morgan fingerprint density at radius 2 is 1.87 bits per heavy atom. The Kier molecular flexibility index (Phi) is 5.13. The number of aryl methyl sites for hydroxylation is 1. The number of H-pyrrole nitrogens is 1. The number of halogens is 2. The second-order valence-electron chi connectivity index (χ2n) is 7.17. The summed E-state index contributed by atoms with van der Waals surface area (Å²) in [4.78, 5) is 31.3. The molecule has 1 aromatic heterocycles. The number of benzene rings is 2. The Labute approximate surface area is 181 Å². The third-order valence-electron chi connectivity index (χ3n) is 5.24. The highest BCUT2D eigenvalue weighted by Crippen LogP contribution is 2.45. The fraction of sp³-hybridized carbons (Fsp3) is 0.200. The van der Waals surface area contributed by atoms with Crippen molar-refractivity contribution in [3.05, 3.63) is 95.2 Å². The van der Waals surface area contributed by atoms with Crippen molar-refractivity contribution in [1.82, 2.24) is 9.97 Å². The van der Waals surface area contributed by atoms with E-state index in [4.69, 9.17) is 28.9 Å². The lowest BCUT2D eigenvalue weighted by molar-refractivity contribution is -0.529. The van der Waals surface area contributed by atoms with E-state index < -0.39 is 28.5 Å². The molecule has 0 amide bonds. The van der Waals surface area contributed by atoms with Crippen LogP contribution in [0.3, 0.4) is 0 Å². The Bertz CT molecular complexity index is 1200. The molecule has 1 aliphatic heterocycles. The standard InChI is InChI=1S/C20H17Cl2N5O3/c1-9-2-4-10(5-3-9)16-17(27(29)30)14(12-7-6-11(21)8-13(12)22)15-18(24-16)25-20(23)26-19(15)28/h2-8,14,16-17H,1H3,(H4,23,24,25,26,28)/t14-,16+,17+/m0/s1. The normalized spacial score (nSPS) is 20.3. The van der Waals surface area contributed by atoms with E-state index in [9.17, 15) is 14.9 Å². The summed E-state index contributed by atoms with van der Waals surface area (Å²) in [7, 11) is 0. The molecule has 0 saturated heterocycles.